The molecule has 0 bridgehead atoms. The Morgan fingerprint density at radius 3 is 1.50 bits per heavy atom. The molecule has 1 unspecified atom stereocenters. The number of benzene rings is 1. The Labute approximate surface area is 122 Å². The summed E-state index contributed by atoms with van der Waals surface area (Å²) < 4.78 is 81.7. The molecule has 126 valence electrons. The molecule has 1 aromatic rings. The van der Waals surface area contributed by atoms with Crippen LogP contribution in [0.1, 0.15) is 32.4 Å². The van der Waals surface area contributed by atoms with E-state index in [2.05, 4.69) is 9.47 Å². The van der Waals surface area contributed by atoms with Crippen molar-refractivity contribution in [3.63, 3.8) is 0 Å². The zero-order valence-electron chi connectivity index (χ0n) is 11.8. The van der Waals surface area contributed by atoms with E-state index in [1.165, 1.54) is 20.8 Å². The van der Waals surface area contributed by atoms with Crippen molar-refractivity contribution < 1.29 is 40.9 Å². The number of hydrogen-bond donors (Lipinski definition) is 1. The van der Waals surface area contributed by atoms with Gasteiger partial charge >= 0.3 is 12.7 Å². The lowest BCUT2D eigenvalue weighted by atomic mass is 9.84. The van der Waals surface area contributed by atoms with Crippen molar-refractivity contribution in [2.75, 3.05) is 0 Å². The summed E-state index contributed by atoms with van der Waals surface area (Å²) in [5.74, 6) is -1.90. The summed E-state index contributed by atoms with van der Waals surface area (Å²) in [5.41, 5.74) is -1.76. The predicted octanol–water partition coefficient (Wildman–Crippen LogP) is 4.56. The Kier molecular flexibility index (Phi) is 4.91. The zero-order valence-corrected chi connectivity index (χ0v) is 11.8. The minimum Gasteiger partial charge on any atom is -0.405 e. The van der Waals surface area contributed by atoms with E-state index in [0.29, 0.717) is 0 Å². The van der Waals surface area contributed by atoms with Gasteiger partial charge in [0.25, 0.3) is 0 Å². The summed E-state index contributed by atoms with van der Waals surface area (Å²) >= 11 is 0. The maximum atomic E-state index is 12.4. The Morgan fingerprint density at radius 2 is 1.23 bits per heavy atom. The van der Waals surface area contributed by atoms with Crippen molar-refractivity contribution in [2.45, 2.75) is 39.6 Å². The van der Waals surface area contributed by atoms with Crippen molar-refractivity contribution in [3.8, 4) is 11.5 Å². The molecule has 22 heavy (non-hydrogen) atoms. The summed E-state index contributed by atoms with van der Waals surface area (Å²) in [7, 11) is 0. The lowest BCUT2D eigenvalue weighted by Crippen LogP contribution is -2.25. The Morgan fingerprint density at radius 1 is 0.864 bits per heavy atom. The minimum atomic E-state index is -5.12. The molecule has 1 atom stereocenters. The molecule has 0 spiro atoms. The van der Waals surface area contributed by atoms with Crippen LogP contribution >= 0.6 is 0 Å². The highest BCUT2D eigenvalue weighted by Gasteiger charge is 2.39. The molecule has 0 amide bonds. The first-order chi connectivity index (χ1) is 9.71. The molecular weight excluding hydrogens is 318 g/mol. The summed E-state index contributed by atoms with van der Waals surface area (Å²) in [4.78, 5) is 0. The maximum absolute atomic E-state index is 12.4. The van der Waals surface area contributed by atoms with Crippen LogP contribution in [0.15, 0.2) is 18.2 Å². The molecule has 1 rings (SSSR count). The van der Waals surface area contributed by atoms with Crippen LogP contribution in [0.2, 0.25) is 0 Å². The summed E-state index contributed by atoms with van der Waals surface area (Å²) in [5, 5.41) is 10.1. The van der Waals surface area contributed by atoms with Gasteiger partial charge in [-0.2, -0.15) is 0 Å². The van der Waals surface area contributed by atoms with Gasteiger partial charge in [-0.25, -0.2) is 0 Å². The highest BCUT2D eigenvalue weighted by molar-refractivity contribution is 5.47. The van der Waals surface area contributed by atoms with Crippen LogP contribution < -0.4 is 9.47 Å². The van der Waals surface area contributed by atoms with E-state index >= 15 is 0 Å². The van der Waals surface area contributed by atoms with E-state index in [-0.39, 0.29) is 0 Å². The molecule has 0 saturated carbocycles. The third-order valence-electron chi connectivity index (χ3n) is 2.57. The second-order valence-corrected chi connectivity index (χ2v) is 5.53. The summed E-state index contributed by atoms with van der Waals surface area (Å²) in [6.07, 6.45) is -11.9. The Balaban J connectivity index is 3.42. The molecule has 1 N–H and O–H groups in total. The molecule has 0 aliphatic carbocycles. The molecule has 0 radical (unpaired) electrons. The molecule has 0 fully saturated rings. The van der Waals surface area contributed by atoms with Gasteiger partial charge in [0.1, 0.15) is 11.5 Å². The standard InChI is InChI=1S/C13H14F6O3/c1-11(2,3)10(20)9-7(21-12(14,15)16)5-4-6-8(9)22-13(17,18)19/h4-6,10,20H,1-3H3. The van der Waals surface area contributed by atoms with Gasteiger partial charge in [0.05, 0.1) is 11.7 Å². The highest BCUT2D eigenvalue weighted by atomic mass is 19.4. The molecule has 3 nitrogen and oxygen atoms in total. The number of ether oxygens (including phenoxy) is 2. The van der Waals surface area contributed by atoms with Crippen LogP contribution in [0.4, 0.5) is 26.3 Å². The largest absolute Gasteiger partial charge is 0.573 e. The van der Waals surface area contributed by atoms with E-state index < -0.39 is 41.3 Å². The number of alkyl halides is 6. The zero-order chi connectivity index (χ0) is 17.3. The lowest BCUT2D eigenvalue weighted by Gasteiger charge is -2.29. The molecule has 0 aliphatic heterocycles. The average molecular weight is 332 g/mol. The monoisotopic (exact) mass is 332 g/mol. The van der Waals surface area contributed by atoms with Gasteiger partial charge in [-0.3, -0.25) is 0 Å². The Bertz CT molecular complexity index is 482. The highest BCUT2D eigenvalue weighted by Crippen LogP contribution is 2.45. The number of rotatable bonds is 3. The second-order valence-electron chi connectivity index (χ2n) is 5.53. The van der Waals surface area contributed by atoms with Crippen molar-refractivity contribution >= 4 is 0 Å². The van der Waals surface area contributed by atoms with E-state index in [1.807, 2.05) is 0 Å². The number of hydrogen-bond acceptors (Lipinski definition) is 3. The third-order valence-corrected chi connectivity index (χ3v) is 2.57. The van der Waals surface area contributed by atoms with E-state index in [0.717, 1.165) is 18.2 Å². The van der Waals surface area contributed by atoms with Crippen LogP contribution in [0.25, 0.3) is 0 Å². The lowest BCUT2D eigenvalue weighted by molar-refractivity contribution is -0.277. The number of aliphatic hydroxyl groups is 1. The van der Waals surface area contributed by atoms with Gasteiger partial charge in [-0.1, -0.05) is 26.8 Å². The van der Waals surface area contributed by atoms with Crippen molar-refractivity contribution in [1.82, 2.24) is 0 Å². The van der Waals surface area contributed by atoms with Crippen LogP contribution in [0, 0.1) is 5.41 Å². The first-order valence-corrected chi connectivity index (χ1v) is 6.03. The number of aliphatic hydroxyl groups excluding tert-OH is 1. The van der Waals surface area contributed by atoms with E-state index in [9.17, 15) is 31.4 Å². The molecule has 0 saturated heterocycles. The van der Waals surface area contributed by atoms with Crippen LogP contribution in [-0.2, 0) is 0 Å². The topological polar surface area (TPSA) is 38.7 Å². The van der Waals surface area contributed by atoms with Crippen molar-refractivity contribution in [3.05, 3.63) is 23.8 Å². The Hall–Kier alpha value is -1.64. The van der Waals surface area contributed by atoms with Gasteiger partial charge < -0.3 is 14.6 Å². The third kappa shape index (κ3) is 5.28. The molecule has 9 heteroatoms. The van der Waals surface area contributed by atoms with E-state index in [4.69, 9.17) is 0 Å². The van der Waals surface area contributed by atoms with Gasteiger partial charge in [-0.15, -0.1) is 26.3 Å². The second kappa shape index (κ2) is 5.86. The quantitative estimate of drug-likeness (QED) is 0.825. The first-order valence-electron chi connectivity index (χ1n) is 6.03. The molecular formula is C13H14F6O3. The molecule has 1 aromatic carbocycles. The molecule has 0 aromatic heterocycles. The van der Waals surface area contributed by atoms with Gasteiger partial charge in [-0.05, 0) is 17.5 Å². The SMILES string of the molecule is CC(C)(C)C(O)c1c(OC(F)(F)F)cccc1OC(F)(F)F. The molecule has 0 aliphatic rings. The average Bonchev–Trinajstić information content (AvgIpc) is 2.22. The molecule has 0 heterocycles. The van der Waals surface area contributed by atoms with Gasteiger partial charge in [0.15, 0.2) is 0 Å². The van der Waals surface area contributed by atoms with Crippen LogP contribution in [0.5, 0.6) is 11.5 Å². The smallest absolute Gasteiger partial charge is 0.405 e. The predicted molar refractivity (Wildman–Crippen MR) is 64.2 cm³/mol. The fourth-order valence-corrected chi connectivity index (χ4v) is 1.65. The number of halogens is 6. The van der Waals surface area contributed by atoms with Gasteiger partial charge in [0, 0.05) is 0 Å². The van der Waals surface area contributed by atoms with Crippen molar-refractivity contribution in [1.29, 1.82) is 0 Å². The fourth-order valence-electron chi connectivity index (χ4n) is 1.65. The summed E-state index contributed by atoms with van der Waals surface area (Å²) in [6, 6.07) is 2.52. The van der Waals surface area contributed by atoms with Crippen LogP contribution in [-0.4, -0.2) is 17.8 Å². The normalized spacial score (nSPS) is 14.6. The summed E-state index contributed by atoms with van der Waals surface area (Å²) in [6.45, 7) is 4.33. The van der Waals surface area contributed by atoms with E-state index in [1.54, 1.807) is 0 Å². The van der Waals surface area contributed by atoms with Gasteiger partial charge in [0.2, 0.25) is 0 Å². The van der Waals surface area contributed by atoms with Crippen LogP contribution in [0.3, 0.4) is 0 Å². The minimum absolute atomic E-state index is 0.718. The van der Waals surface area contributed by atoms with Crippen molar-refractivity contribution in [2.24, 2.45) is 5.41 Å². The first kappa shape index (κ1) is 18.4. The maximum Gasteiger partial charge on any atom is 0.573 e. The fraction of sp³-hybridized carbons (Fsp3) is 0.538.